The number of carbonyl (C=O) groups is 1. The molecule has 2 aliphatic heterocycles. The summed E-state index contributed by atoms with van der Waals surface area (Å²) in [6.45, 7) is 3.83. The molecule has 0 atom stereocenters. The van der Waals surface area contributed by atoms with Gasteiger partial charge in [-0.3, -0.25) is 9.69 Å². The molecule has 8 heteroatoms. The van der Waals surface area contributed by atoms with Crippen LogP contribution in [0.3, 0.4) is 0 Å². The van der Waals surface area contributed by atoms with E-state index in [1.165, 1.54) is 5.56 Å². The maximum Gasteiger partial charge on any atom is 0.243 e. The molecule has 0 radical (unpaired) electrons. The summed E-state index contributed by atoms with van der Waals surface area (Å²) in [6.07, 6.45) is 4.55. The normalized spacial score (nSPS) is 19.0. The molecule has 2 heterocycles. The first-order chi connectivity index (χ1) is 15.4. The molecule has 0 bridgehead atoms. The van der Waals surface area contributed by atoms with Crippen LogP contribution in [0.25, 0.3) is 0 Å². The third-order valence-corrected chi connectivity index (χ3v) is 8.73. The Bertz CT molecular complexity index is 1030. The number of anilines is 1. The molecule has 2 aliphatic rings. The number of piperidine rings is 2. The number of hydrogen-bond acceptors (Lipinski definition) is 4. The Morgan fingerprint density at radius 1 is 0.969 bits per heavy atom. The third-order valence-electron chi connectivity index (χ3n) is 6.33. The number of benzene rings is 2. The van der Waals surface area contributed by atoms with Crippen LogP contribution in [0.15, 0.2) is 57.9 Å². The number of carbonyl (C=O) groups excluding carboxylic acids is 1. The minimum atomic E-state index is -3.45. The van der Waals surface area contributed by atoms with Crippen molar-refractivity contribution in [2.75, 3.05) is 31.5 Å². The number of nitrogens with one attached hydrogen (secondary N) is 1. The van der Waals surface area contributed by atoms with Gasteiger partial charge in [0, 0.05) is 35.7 Å². The number of amides is 1. The number of hydrogen-bond donors (Lipinski definition) is 1. The second-order valence-electron chi connectivity index (χ2n) is 8.66. The van der Waals surface area contributed by atoms with Gasteiger partial charge >= 0.3 is 0 Å². The summed E-state index contributed by atoms with van der Waals surface area (Å²) in [6, 6.07) is 14.9. The SMILES string of the molecule is O=C(Nc1ccc(S(=O)(=O)N2CCCCC2)cc1)C1CCN(Cc2cccc(Br)c2)CC1. The molecule has 2 fully saturated rings. The lowest BCUT2D eigenvalue weighted by molar-refractivity contribution is -0.121. The van der Waals surface area contributed by atoms with E-state index in [1.807, 2.05) is 12.1 Å². The molecule has 1 N–H and O–H groups in total. The molecule has 0 unspecified atom stereocenters. The van der Waals surface area contributed by atoms with Gasteiger partial charge in [0.25, 0.3) is 0 Å². The summed E-state index contributed by atoms with van der Waals surface area (Å²) in [5, 5.41) is 2.97. The lowest BCUT2D eigenvalue weighted by Gasteiger charge is -2.31. The molecule has 0 aliphatic carbocycles. The van der Waals surface area contributed by atoms with Gasteiger partial charge in [0.05, 0.1) is 4.90 Å². The molecule has 32 heavy (non-hydrogen) atoms. The second kappa shape index (κ2) is 10.5. The average molecular weight is 520 g/mol. The van der Waals surface area contributed by atoms with Crippen LogP contribution in [0, 0.1) is 5.92 Å². The third kappa shape index (κ3) is 5.78. The van der Waals surface area contributed by atoms with E-state index in [9.17, 15) is 13.2 Å². The first kappa shape index (κ1) is 23.4. The average Bonchev–Trinajstić information content (AvgIpc) is 2.80. The van der Waals surface area contributed by atoms with Crippen LogP contribution in [0.5, 0.6) is 0 Å². The van der Waals surface area contributed by atoms with Crippen molar-refractivity contribution in [1.82, 2.24) is 9.21 Å². The van der Waals surface area contributed by atoms with Gasteiger partial charge in [-0.2, -0.15) is 4.31 Å². The maximum atomic E-state index is 12.8. The molecule has 2 saturated heterocycles. The summed E-state index contributed by atoms with van der Waals surface area (Å²) in [5.41, 5.74) is 1.91. The van der Waals surface area contributed by atoms with Crippen molar-refractivity contribution in [3.8, 4) is 0 Å². The minimum absolute atomic E-state index is 0.0127. The van der Waals surface area contributed by atoms with Crippen molar-refractivity contribution in [3.05, 3.63) is 58.6 Å². The van der Waals surface area contributed by atoms with Crippen LogP contribution < -0.4 is 5.32 Å². The first-order valence-corrected chi connectivity index (χ1v) is 13.5. The second-order valence-corrected chi connectivity index (χ2v) is 11.5. The molecule has 172 valence electrons. The van der Waals surface area contributed by atoms with Crippen molar-refractivity contribution in [1.29, 1.82) is 0 Å². The molecule has 6 nitrogen and oxygen atoms in total. The van der Waals surface area contributed by atoms with E-state index in [-0.39, 0.29) is 11.8 Å². The van der Waals surface area contributed by atoms with Crippen molar-refractivity contribution >= 4 is 37.5 Å². The van der Waals surface area contributed by atoms with Gasteiger partial charge in [0.2, 0.25) is 15.9 Å². The maximum absolute atomic E-state index is 12.8. The van der Waals surface area contributed by atoms with Gasteiger partial charge in [-0.05, 0) is 80.7 Å². The van der Waals surface area contributed by atoms with Gasteiger partial charge in [0.15, 0.2) is 0 Å². The zero-order valence-corrected chi connectivity index (χ0v) is 20.6. The van der Waals surface area contributed by atoms with Gasteiger partial charge in [-0.1, -0.05) is 34.5 Å². The summed E-state index contributed by atoms with van der Waals surface area (Å²) in [7, 11) is -3.45. The Morgan fingerprint density at radius 3 is 2.31 bits per heavy atom. The molecule has 2 aromatic rings. The molecule has 1 amide bonds. The van der Waals surface area contributed by atoms with E-state index >= 15 is 0 Å². The summed E-state index contributed by atoms with van der Waals surface area (Å²) in [5.74, 6) is -0.00994. The van der Waals surface area contributed by atoms with E-state index in [4.69, 9.17) is 0 Å². The van der Waals surface area contributed by atoms with Crippen LogP contribution in [0.1, 0.15) is 37.7 Å². The Labute approximate surface area is 199 Å². The predicted octanol–water partition coefficient (Wildman–Crippen LogP) is 4.47. The van der Waals surface area contributed by atoms with E-state index in [2.05, 4.69) is 38.3 Å². The number of likely N-dealkylation sites (tertiary alicyclic amines) is 1. The van der Waals surface area contributed by atoms with Crippen LogP contribution in [-0.2, 0) is 21.4 Å². The lowest BCUT2D eigenvalue weighted by Crippen LogP contribution is -2.37. The van der Waals surface area contributed by atoms with Crippen LogP contribution in [0.2, 0.25) is 0 Å². The molecule has 0 aromatic heterocycles. The smallest absolute Gasteiger partial charge is 0.243 e. The summed E-state index contributed by atoms with van der Waals surface area (Å²) in [4.78, 5) is 15.4. The Hall–Kier alpha value is -1.74. The highest BCUT2D eigenvalue weighted by Gasteiger charge is 2.27. The van der Waals surface area contributed by atoms with E-state index in [0.717, 1.165) is 56.2 Å². The van der Waals surface area contributed by atoms with Crippen LogP contribution >= 0.6 is 15.9 Å². The fraction of sp³-hybridized carbons (Fsp3) is 0.458. The molecular formula is C24H30BrN3O3S. The summed E-state index contributed by atoms with van der Waals surface area (Å²) >= 11 is 3.52. The van der Waals surface area contributed by atoms with Crippen LogP contribution in [-0.4, -0.2) is 49.7 Å². The largest absolute Gasteiger partial charge is 0.326 e. The number of sulfonamides is 1. The molecule has 0 spiro atoms. The quantitative estimate of drug-likeness (QED) is 0.610. The highest BCUT2D eigenvalue weighted by molar-refractivity contribution is 9.10. The van der Waals surface area contributed by atoms with Crippen LogP contribution in [0.4, 0.5) is 5.69 Å². The number of halogens is 1. The highest BCUT2D eigenvalue weighted by atomic mass is 79.9. The molecule has 4 rings (SSSR count). The molecule has 2 aromatic carbocycles. The van der Waals surface area contributed by atoms with Gasteiger partial charge < -0.3 is 5.32 Å². The lowest BCUT2D eigenvalue weighted by atomic mass is 9.95. The highest BCUT2D eigenvalue weighted by Crippen LogP contribution is 2.24. The fourth-order valence-corrected chi connectivity index (χ4v) is 6.42. The van der Waals surface area contributed by atoms with Crippen molar-refractivity contribution < 1.29 is 13.2 Å². The molecular weight excluding hydrogens is 490 g/mol. The van der Waals surface area contributed by atoms with Crippen molar-refractivity contribution in [3.63, 3.8) is 0 Å². The summed E-state index contributed by atoms with van der Waals surface area (Å²) < 4.78 is 28.2. The Kier molecular flexibility index (Phi) is 7.66. The van der Waals surface area contributed by atoms with Gasteiger partial charge in [-0.15, -0.1) is 0 Å². The van der Waals surface area contributed by atoms with Gasteiger partial charge in [0.1, 0.15) is 0 Å². The molecule has 0 saturated carbocycles. The van der Waals surface area contributed by atoms with Crippen molar-refractivity contribution in [2.24, 2.45) is 5.92 Å². The minimum Gasteiger partial charge on any atom is -0.326 e. The first-order valence-electron chi connectivity index (χ1n) is 11.3. The van der Waals surface area contributed by atoms with E-state index in [1.54, 1.807) is 28.6 Å². The van der Waals surface area contributed by atoms with Gasteiger partial charge in [-0.25, -0.2) is 8.42 Å². The van der Waals surface area contributed by atoms with E-state index in [0.29, 0.717) is 23.7 Å². The zero-order chi connectivity index (χ0) is 22.6. The number of rotatable bonds is 6. The standard InChI is InChI=1S/C24H30BrN3O3S/c25-21-6-4-5-19(17-21)18-27-15-11-20(12-16-27)24(29)26-22-7-9-23(10-8-22)32(30,31)28-13-2-1-3-14-28/h4-10,17,20H,1-3,11-16,18H2,(H,26,29). The Balaban J connectivity index is 1.29. The zero-order valence-electron chi connectivity index (χ0n) is 18.2. The monoisotopic (exact) mass is 519 g/mol. The number of nitrogens with zero attached hydrogens (tertiary/aromatic N) is 2. The predicted molar refractivity (Wildman–Crippen MR) is 130 cm³/mol. The topological polar surface area (TPSA) is 69.7 Å². The Morgan fingerprint density at radius 2 is 1.66 bits per heavy atom. The fourth-order valence-electron chi connectivity index (χ4n) is 4.46. The van der Waals surface area contributed by atoms with E-state index < -0.39 is 10.0 Å². The van der Waals surface area contributed by atoms with Crippen molar-refractivity contribution in [2.45, 2.75) is 43.5 Å².